The smallest absolute Gasteiger partial charge is 0.211 e. The van der Waals surface area contributed by atoms with Crippen LogP contribution in [0.4, 0.5) is 0 Å². The van der Waals surface area contributed by atoms with E-state index in [2.05, 4.69) is 30.1 Å². The molecule has 2 rings (SSSR count). The summed E-state index contributed by atoms with van der Waals surface area (Å²) in [7, 11) is 0. The lowest BCUT2D eigenvalue weighted by Gasteiger charge is -2.30. The molecule has 0 spiro atoms. The number of hydrogen-bond acceptors (Lipinski definition) is 2. The van der Waals surface area contributed by atoms with Crippen molar-refractivity contribution in [1.82, 2.24) is 0 Å². The Balaban J connectivity index is 2.35. The molecule has 78 valence electrons. The Labute approximate surface area is 90.0 Å². The topological polar surface area (TPSA) is 29.4 Å². The zero-order chi connectivity index (χ0) is 10.9. The van der Waals surface area contributed by atoms with E-state index in [1.165, 1.54) is 16.7 Å². The maximum atomic E-state index is 10.4. The molecule has 1 atom stereocenters. The standard InChI is InChI=1S/C13H15NO/c1-10-3-4-12-8-13(2,14-9-15)6-5-11(12)7-10/h3-4,7H,5-6,8H2,1-2H3. The van der Waals surface area contributed by atoms with Gasteiger partial charge in [-0.15, -0.1) is 0 Å². The Hall–Kier alpha value is -1.40. The SMILES string of the molecule is Cc1ccc2c(c1)CCC(C)(N=C=O)C2. The molecular formula is C13H15NO. The molecule has 0 bridgehead atoms. The van der Waals surface area contributed by atoms with Gasteiger partial charge in [0.2, 0.25) is 6.08 Å². The lowest BCUT2D eigenvalue weighted by molar-refractivity contribution is 0.407. The van der Waals surface area contributed by atoms with Crippen LogP contribution in [0.2, 0.25) is 0 Å². The van der Waals surface area contributed by atoms with Gasteiger partial charge in [0.15, 0.2) is 0 Å². The van der Waals surface area contributed by atoms with E-state index >= 15 is 0 Å². The van der Waals surface area contributed by atoms with Gasteiger partial charge in [-0.25, -0.2) is 4.79 Å². The Bertz CT molecular complexity index is 432. The average Bonchev–Trinajstić information content (AvgIpc) is 2.19. The fourth-order valence-corrected chi connectivity index (χ4v) is 2.27. The molecule has 0 amide bonds. The van der Waals surface area contributed by atoms with Gasteiger partial charge >= 0.3 is 0 Å². The summed E-state index contributed by atoms with van der Waals surface area (Å²) >= 11 is 0. The molecule has 1 aromatic carbocycles. The molecule has 1 aliphatic carbocycles. The van der Waals surface area contributed by atoms with Crippen molar-refractivity contribution in [2.75, 3.05) is 0 Å². The van der Waals surface area contributed by atoms with Gasteiger partial charge < -0.3 is 0 Å². The molecule has 0 saturated heterocycles. The lowest BCUT2D eigenvalue weighted by atomic mass is 9.79. The Morgan fingerprint density at radius 1 is 1.40 bits per heavy atom. The van der Waals surface area contributed by atoms with Gasteiger partial charge in [0.25, 0.3) is 0 Å². The maximum Gasteiger partial charge on any atom is 0.235 e. The zero-order valence-corrected chi connectivity index (χ0v) is 9.21. The van der Waals surface area contributed by atoms with Crippen LogP contribution in [-0.4, -0.2) is 11.6 Å². The van der Waals surface area contributed by atoms with Gasteiger partial charge in [0, 0.05) is 0 Å². The van der Waals surface area contributed by atoms with Crippen LogP contribution in [0.5, 0.6) is 0 Å². The van der Waals surface area contributed by atoms with Crippen molar-refractivity contribution in [3.05, 3.63) is 34.9 Å². The third-order valence-corrected chi connectivity index (χ3v) is 3.18. The van der Waals surface area contributed by atoms with Crippen LogP contribution in [0.1, 0.15) is 30.0 Å². The van der Waals surface area contributed by atoms with E-state index in [4.69, 9.17) is 0 Å². The first-order chi connectivity index (χ1) is 7.13. The monoisotopic (exact) mass is 201 g/mol. The zero-order valence-electron chi connectivity index (χ0n) is 9.21. The molecule has 0 saturated carbocycles. The first-order valence-electron chi connectivity index (χ1n) is 5.30. The van der Waals surface area contributed by atoms with Crippen molar-refractivity contribution in [2.45, 2.75) is 38.6 Å². The Morgan fingerprint density at radius 2 is 2.20 bits per heavy atom. The normalized spacial score (nSPS) is 24.1. The van der Waals surface area contributed by atoms with Gasteiger partial charge in [-0.1, -0.05) is 23.8 Å². The summed E-state index contributed by atoms with van der Waals surface area (Å²) in [6.45, 7) is 4.14. The first-order valence-corrected chi connectivity index (χ1v) is 5.30. The summed E-state index contributed by atoms with van der Waals surface area (Å²) in [5.41, 5.74) is 3.81. The van der Waals surface area contributed by atoms with Crippen LogP contribution in [0, 0.1) is 6.92 Å². The lowest BCUT2D eigenvalue weighted by Crippen LogP contribution is -2.30. The van der Waals surface area contributed by atoms with E-state index in [1.54, 1.807) is 6.08 Å². The number of hydrogen-bond donors (Lipinski definition) is 0. The summed E-state index contributed by atoms with van der Waals surface area (Å²) < 4.78 is 0. The molecule has 1 aromatic rings. The third kappa shape index (κ3) is 2.00. The number of benzene rings is 1. The van der Waals surface area contributed by atoms with Crippen LogP contribution >= 0.6 is 0 Å². The van der Waals surface area contributed by atoms with Gasteiger partial charge in [-0.05, 0) is 44.2 Å². The molecule has 1 aliphatic rings. The summed E-state index contributed by atoms with van der Waals surface area (Å²) in [5, 5.41) is 0. The second kappa shape index (κ2) is 3.63. The van der Waals surface area contributed by atoms with Crippen LogP contribution in [0.15, 0.2) is 23.2 Å². The molecule has 0 N–H and O–H groups in total. The van der Waals surface area contributed by atoms with Crippen LogP contribution in [0.3, 0.4) is 0 Å². The second-order valence-electron chi connectivity index (χ2n) is 4.65. The second-order valence-corrected chi connectivity index (χ2v) is 4.65. The summed E-state index contributed by atoms with van der Waals surface area (Å²) in [5.74, 6) is 0. The highest BCUT2D eigenvalue weighted by Gasteiger charge is 2.29. The predicted octanol–water partition coefficient (Wildman–Crippen LogP) is 2.58. The number of fused-ring (bicyclic) bond motifs is 1. The van der Waals surface area contributed by atoms with Gasteiger partial charge in [-0.2, -0.15) is 4.99 Å². The van der Waals surface area contributed by atoms with E-state index in [0.29, 0.717) is 0 Å². The van der Waals surface area contributed by atoms with Crippen molar-refractivity contribution in [2.24, 2.45) is 4.99 Å². The van der Waals surface area contributed by atoms with Crippen molar-refractivity contribution < 1.29 is 4.79 Å². The average molecular weight is 201 g/mol. The fraction of sp³-hybridized carbons (Fsp3) is 0.462. The first kappa shape index (κ1) is 10.1. The minimum Gasteiger partial charge on any atom is -0.211 e. The van der Waals surface area contributed by atoms with E-state index in [1.807, 2.05) is 6.92 Å². The summed E-state index contributed by atoms with van der Waals surface area (Å²) in [4.78, 5) is 14.3. The van der Waals surface area contributed by atoms with Crippen LogP contribution in [-0.2, 0) is 17.6 Å². The largest absolute Gasteiger partial charge is 0.235 e. The predicted molar refractivity (Wildman–Crippen MR) is 59.7 cm³/mol. The molecule has 2 nitrogen and oxygen atoms in total. The number of nitrogens with zero attached hydrogens (tertiary/aromatic N) is 1. The molecule has 15 heavy (non-hydrogen) atoms. The molecule has 2 heteroatoms. The van der Waals surface area contributed by atoms with Gasteiger partial charge in [-0.3, -0.25) is 0 Å². The molecule has 0 aromatic heterocycles. The minimum absolute atomic E-state index is 0.232. The quantitative estimate of drug-likeness (QED) is 0.507. The molecule has 0 heterocycles. The van der Waals surface area contributed by atoms with Crippen molar-refractivity contribution in [3.63, 3.8) is 0 Å². The highest BCUT2D eigenvalue weighted by molar-refractivity contribution is 5.39. The van der Waals surface area contributed by atoms with E-state index < -0.39 is 0 Å². The van der Waals surface area contributed by atoms with Crippen molar-refractivity contribution >= 4 is 6.08 Å². The van der Waals surface area contributed by atoms with Crippen LogP contribution < -0.4 is 0 Å². The van der Waals surface area contributed by atoms with E-state index in [-0.39, 0.29) is 5.54 Å². The summed E-state index contributed by atoms with van der Waals surface area (Å²) in [6, 6.07) is 6.51. The van der Waals surface area contributed by atoms with Gasteiger partial charge in [0.05, 0.1) is 5.54 Å². The van der Waals surface area contributed by atoms with E-state index in [9.17, 15) is 4.79 Å². The fourth-order valence-electron chi connectivity index (χ4n) is 2.27. The number of aryl methyl sites for hydroxylation is 2. The Kier molecular flexibility index (Phi) is 2.45. The highest BCUT2D eigenvalue weighted by atomic mass is 16.1. The van der Waals surface area contributed by atoms with Crippen molar-refractivity contribution in [1.29, 1.82) is 0 Å². The van der Waals surface area contributed by atoms with E-state index in [0.717, 1.165) is 19.3 Å². The molecule has 0 aliphatic heterocycles. The minimum atomic E-state index is -0.232. The molecular weight excluding hydrogens is 186 g/mol. The summed E-state index contributed by atoms with van der Waals surface area (Å²) in [6.07, 6.45) is 4.51. The third-order valence-electron chi connectivity index (χ3n) is 3.18. The molecule has 0 radical (unpaired) electrons. The maximum absolute atomic E-state index is 10.4. The van der Waals surface area contributed by atoms with Gasteiger partial charge in [0.1, 0.15) is 0 Å². The molecule has 0 fully saturated rings. The highest BCUT2D eigenvalue weighted by Crippen LogP contribution is 2.31. The van der Waals surface area contributed by atoms with Crippen LogP contribution in [0.25, 0.3) is 0 Å². The number of isocyanates is 1. The molecule has 1 unspecified atom stereocenters. The Morgan fingerprint density at radius 3 is 2.93 bits per heavy atom. The van der Waals surface area contributed by atoms with Crippen molar-refractivity contribution in [3.8, 4) is 0 Å². The number of rotatable bonds is 1. The number of aliphatic imine (C=N–C) groups is 1. The number of carbonyl (C=O) groups excluding carboxylic acids is 1.